The van der Waals surface area contributed by atoms with Gasteiger partial charge < -0.3 is 34.9 Å². The highest BCUT2D eigenvalue weighted by Crippen LogP contribution is 2.32. The Bertz CT molecular complexity index is 1510. The van der Waals surface area contributed by atoms with Crippen molar-refractivity contribution >= 4 is 64.6 Å². The lowest BCUT2D eigenvalue weighted by atomic mass is 10.2. The predicted octanol–water partition coefficient (Wildman–Crippen LogP) is 3.82. The van der Waals surface area contributed by atoms with E-state index < -0.39 is 23.7 Å². The Morgan fingerprint density at radius 1 is 0.508 bits per heavy atom. The molecule has 20 nitrogen and oxygen atoms in total. The van der Waals surface area contributed by atoms with E-state index >= 15 is 0 Å². The number of nitrogens with one attached hydrogen (secondary N) is 3. The van der Waals surface area contributed by atoms with Gasteiger partial charge in [-0.1, -0.05) is 29.3 Å². The second-order valence-corrected chi connectivity index (χ2v) is 15.1. The summed E-state index contributed by atoms with van der Waals surface area (Å²) in [5.41, 5.74) is 0. The number of nitrogens with zero attached hydrogens (tertiary/aromatic N) is 3. The van der Waals surface area contributed by atoms with Crippen LogP contribution in [0.4, 0.5) is 0 Å². The van der Waals surface area contributed by atoms with Crippen LogP contribution in [-0.2, 0) is 47.8 Å². The molecule has 0 aliphatic carbocycles. The van der Waals surface area contributed by atoms with Crippen molar-refractivity contribution in [2.24, 2.45) is 0 Å². The lowest BCUT2D eigenvalue weighted by molar-refractivity contribution is -0.166. The van der Waals surface area contributed by atoms with Crippen molar-refractivity contribution in [3.63, 3.8) is 0 Å². The maximum absolute atomic E-state index is 12.2. The fraction of sp³-hybridized carbons (Fsp3) is 0.683. The Balaban J connectivity index is 1.92. The highest BCUT2D eigenvalue weighted by Gasteiger charge is 2.15. The van der Waals surface area contributed by atoms with E-state index in [1.54, 1.807) is 18.2 Å². The fourth-order valence-corrected chi connectivity index (χ4v) is 5.83. The molecule has 0 aliphatic heterocycles. The number of unbranched alkanes of at least 4 members (excludes halogenated alkanes) is 6. The van der Waals surface area contributed by atoms with Crippen LogP contribution < -0.4 is 20.7 Å². The number of esters is 1. The number of hydroxylamine groups is 6. The Morgan fingerprint density at radius 3 is 1.32 bits per heavy atom. The third-order valence-corrected chi connectivity index (χ3v) is 9.58. The molecule has 22 heteroatoms. The van der Waals surface area contributed by atoms with Gasteiger partial charge in [0.25, 0.3) is 0 Å². The van der Waals surface area contributed by atoms with E-state index in [1.807, 2.05) is 0 Å². The zero-order valence-electron chi connectivity index (χ0n) is 36.3. The van der Waals surface area contributed by atoms with Crippen molar-refractivity contribution in [2.45, 2.75) is 103 Å². The van der Waals surface area contributed by atoms with Crippen LogP contribution in [0.5, 0.6) is 5.75 Å². The summed E-state index contributed by atoms with van der Waals surface area (Å²) < 4.78 is 21.3. The van der Waals surface area contributed by atoms with Crippen molar-refractivity contribution in [2.75, 3.05) is 78.9 Å². The number of amides is 6. The van der Waals surface area contributed by atoms with Crippen LogP contribution in [0.25, 0.3) is 0 Å². The molecule has 1 rings (SSSR count). The summed E-state index contributed by atoms with van der Waals surface area (Å²) in [6.07, 6.45) is 5.16. The predicted molar refractivity (Wildman–Crippen MR) is 229 cm³/mol. The number of halogens is 2. The number of para-hydroxylation sites is 1. The summed E-state index contributed by atoms with van der Waals surface area (Å²) in [5, 5.41) is 39.8. The zero-order valence-corrected chi connectivity index (χ0v) is 37.8. The Morgan fingerprint density at radius 2 is 0.889 bits per heavy atom. The van der Waals surface area contributed by atoms with Gasteiger partial charge in [-0.25, -0.2) is 15.2 Å². The maximum atomic E-state index is 12.2. The molecule has 0 bridgehead atoms. The van der Waals surface area contributed by atoms with Crippen molar-refractivity contribution in [1.29, 1.82) is 0 Å². The highest BCUT2D eigenvalue weighted by atomic mass is 35.5. The van der Waals surface area contributed by atoms with Crippen LogP contribution in [0.1, 0.15) is 103 Å². The van der Waals surface area contributed by atoms with E-state index in [0.29, 0.717) is 112 Å². The molecule has 63 heavy (non-hydrogen) atoms. The van der Waals surface area contributed by atoms with Crippen LogP contribution in [0.2, 0.25) is 10.0 Å². The van der Waals surface area contributed by atoms with Crippen LogP contribution in [0, 0.1) is 0 Å². The first-order valence-corrected chi connectivity index (χ1v) is 22.1. The summed E-state index contributed by atoms with van der Waals surface area (Å²) in [5.74, 6) is -2.81. The van der Waals surface area contributed by atoms with Crippen LogP contribution in [-0.4, -0.2) is 151 Å². The monoisotopic (exact) mass is 936 g/mol. The summed E-state index contributed by atoms with van der Waals surface area (Å²) in [6.45, 7) is 4.38. The van der Waals surface area contributed by atoms with Gasteiger partial charge in [0, 0.05) is 78.3 Å². The number of carbonyl (C=O) groups excluding carboxylic acids is 7. The quantitative estimate of drug-likeness (QED) is 0.0182. The molecule has 0 fully saturated rings. The van der Waals surface area contributed by atoms with Crippen molar-refractivity contribution < 1.29 is 68.1 Å². The van der Waals surface area contributed by atoms with E-state index in [2.05, 4.69) is 16.0 Å². The lowest BCUT2D eigenvalue weighted by Crippen LogP contribution is -2.31. The normalized spacial score (nSPS) is 10.8. The van der Waals surface area contributed by atoms with Crippen molar-refractivity contribution in [3.05, 3.63) is 28.2 Å². The molecule has 358 valence electrons. The first kappa shape index (κ1) is 56.9. The van der Waals surface area contributed by atoms with Gasteiger partial charge in [0.15, 0.2) is 5.75 Å². The van der Waals surface area contributed by atoms with E-state index in [9.17, 15) is 49.2 Å². The number of ether oxygens (including phenoxy) is 4. The molecule has 0 saturated heterocycles. The average molecular weight is 938 g/mol. The smallest absolute Gasteiger partial charge is 0.313 e. The largest absolute Gasteiger partial charge is 0.423 e. The van der Waals surface area contributed by atoms with Gasteiger partial charge in [-0.2, -0.15) is 0 Å². The molecule has 6 N–H and O–H groups in total. The molecular formula is C41H66Cl2N6O14. The third-order valence-electron chi connectivity index (χ3n) is 8.98. The summed E-state index contributed by atoms with van der Waals surface area (Å²) in [4.78, 5) is 83.3. The molecule has 0 aliphatic rings. The Labute approximate surface area is 379 Å². The third kappa shape index (κ3) is 30.6. The summed E-state index contributed by atoms with van der Waals surface area (Å²) >= 11 is 12.0. The summed E-state index contributed by atoms with van der Waals surface area (Å²) in [6, 6.07) is 4.78. The highest BCUT2D eigenvalue weighted by molar-refractivity contribution is 6.37. The lowest BCUT2D eigenvalue weighted by Gasteiger charge is -2.15. The van der Waals surface area contributed by atoms with E-state index in [-0.39, 0.29) is 111 Å². The molecule has 0 saturated carbocycles. The molecule has 0 heterocycles. The molecule has 0 aromatic heterocycles. The van der Waals surface area contributed by atoms with E-state index in [4.69, 9.17) is 42.1 Å². The second kappa shape index (κ2) is 36.2. The minimum absolute atomic E-state index is 0.0166. The molecule has 0 spiro atoms. The van der Waals surface area contributed by atoms with Gasteiger partial charge >= 0.3 is 5.97 Å². The van der Waals surface area contributed by atoms with Crippen molar-refractivity contribution in [3.8, 4) is 5.75 Å². The molecule has 1 aromatic rings. The summed E-state index contributed by atoms with van der Waals surface area (Å²) in [7, 11) is 0. The minimum Gasteiger partial charge on any atom is -0.423 e. The standard InChI is InChI=1S/C41H66Cl2N6O14/c1-32(50)47(57)23-8-2-5-20-44-35(51)14-16-38(54)48(58)24-9-3-6-21-45-36(52)15-17-39(55)49(59)25-10-4-7-22-46-37(53)18-26-60-28-30-62-31-29-61-27-19-40(56)63-41-33(42)12-11-13-34(41)43/h11-13,57-59H,2-10,14-31H2,1H3,(H,44,51)(H,45,52)(H,46,53). The number of hydrogen-bond acceptors (Lipinski definition) is 14. The van der Waals surface area contributed by atoms with E-state index in [1.165, 1.54) is 6.92 Å². The molecule has 0 radical (unpaired) electrons. The van der Waals surface area contributed by atoms with Gasteiger partial charge in [0.1, 0.15) is 0 Å². The Hall–Kier alpha value is -4.15. The van der Waals surface area contributed by atoms with Gasteiger partial charge in [-0.15, -0.1) is 0 Å². The SMILES string of the molecule is CC(=O)N(O)CCCCCNC(=O)CCC(=O)N(O)CCCCCNC(=O)CCC(=O)N(O)CCCCCNC(=O)CCOCCOCCOCCC(=O)Oc1c(Cl)cccc1Cl. The number of rotatable bonds is 37. The van der Waals surface area contributed by atoms with Gasteiger partial charge in [0.2, 0.25) is 35.4 Å². The number of hydrogen-bond donors (Lipinski definition) is 6. The topological polar surface area (TPSA) is 263 Å². The van der Waals surface area contributed by atoms with Crippen LogP contribution >= 0.6 is 23.2 Å². The minimum atomic E-state index is -0.574. The Kier molecular flexibility index (Phi) is 32.7. The zero-order chi connectivity index (χ0) is 46.7. The number of benzene rings is 1. The molecule has 1 aromatic carbocycles. The average Bonchev–Trinajstić information content (AvgIpc) is 3.25. The molecular weight excluding hydrogens is 871 g/mol. The van der Waals surface area contributed by atoms with Gasteiger partial charge in [-0.05, 0) is 69.9 Å². The van der Waals surface area contributed by atoms with Gasteiger partial charge in [-0.3, -0.25) is 49.2 Å². The molecule has 6 amide bonds. The van der Waals surface area contributed by atoms with Gasteiger partial charge in [0.05, 0.1) is 56.1 Å². The van der Waals surface area contributed by atoms with Crippen LogP contribution in [0.3, 0.4) is 0 Å². The second-order valence-electron chi connectivity index (χ2n) is 14.3. The van der Waals surface area contributed by atoms with Crippen molar-refractivity contribution in [1.82, 2.24) is 31.1 Å². The fourth-order valence-electron chi connectivity index (χ4n) is 5.35. The molecule has 0 unspecified atom stereocenters. The van der Waals surface area contributed by atoms with Crippen LogP contribution in [0.15, 0.2) is 18.2 Å². The van der Waals surface area contributed by atoms with E-state index in [0.717, 1.165) is 0 Å². The maximum Gasteiger partial charge on any atom is 0.313 e. The first-order valence-electron chi connectivity index (χ1n) is 21.3. The first-order chi connectivity index (χ1) is 30.2. The number of carbonyl (C=O) groups is 7. The molecule has 0 atom stereocenters.